The van der Waals surface area contributed by atoms with E-state index < -0.39 is 5.97 Å². The third-order valence-corrected chi connectivity index (χ3v) is 5.44. The molecule has 5 nitrogen and oxygen atoms in total. The van der Waals surface area contributed by atoms with Crippen molar-refractivity contribution in [1.29, 1.82) is 0 Å². The van der Waals surface area contributed by atoms with E-state index in [2.05, 4.69) is 0 Å². The Labute approximate surface area is 142 Å². The summed E-state index contributed by atoms with van der Waals surface area (Å²) in [4.78, 5) is 25.9. The van der Waals surface area contributed by atoms with Crippen LogP contribution in [0.2, 0.25) is 0 Å². The second kappa shape index (κ2) is 7.34. The van der Waals surface area contributed by atoms with Gasteiger partial charge in [0.1, 0.15) is 0 Å². The summed E-state index contributed by atoms with van der Waals surface area (Å²) in [6, 6.07) is 9.83. The molecule has 0 radical (unpaired) electrons. The molecule has 2 aliphatic heterocycles. The van der Waals surface area contributed by atoms with Crippen molar-refractivity contribution in [2.75, 3.05) is 19.7 Å². The van der Waals surface area contributed by atoms with Gasteiger partial charge in [0.05, 0.1) is 17.9 Å². The first-order chi connectivity index (χ1) is 11.6. The highest BCUT2D eigenvalue weighted by Crippen LogP contribution is 2.34. The van der Waals surface area contributed by atoms with E-state index in [-0.39, 0.29) is 29.8 Å². The van der Waals surface area contributed by atoms with Gasteiger partial charge in [0.2, 0.25) is 5.91 Å². The lowest BCUT2D eigenvalue weighted by atomic mass is 9.84. The highest BCUT2D eigenvalue weighted by molar-refractivity contribution is 5.83. The Morgan fingerprint density at radius 3 is 2.46 bits per heavy atom. The molecule has 1 aromatic carbocycles. The first kappa shape index (κ1) is 17.0. The monoisotopic (exact) mass is 331 g/mol. The van der Waals surface area contributed by atoms with Gasteiger partial charge >= 0.3 is 5.97 Å². The van der Waals surface area contributed by atoms with Gasteiger partial charge in [-0.3, -0.25) is 9.59 Å². The van der Waals surface area contributed by atoms with Crippen LogP contribution in [0, 0.1) is 11.8 Å². The summed E-state index contributed by atoms with van der Waals surface area (Å²) in [6.07, 6.45) is 2.06. The molecule has 3 atom stereocenters. The van der Waals surface area contributed by atoms with Crippen LogP contribution in [0.1, 0.15) is 37.7 Å². The second-order valence-electron chi connectivity index (χ2n) is 6.86. The molecule has 1 amide bonds. The molecule has 0 saturated carbocycles. The lowest BCUT2D eigenvalue weighted by Crippen LogP contribution is -2.44. The number of nitrogens with zero attached hydrogens (tertiary/aromatic N) is 1. The molecule has 3 rings (SSSR count). The number of aliphatic carboxylic acids is 1. The van der Waals surface area contributed by atoms with Gasteiger partial charge in [-0.15, -0.1) is 0 Å². The number of piperidine rings is 1. The van der Waals surface area contributed by atoms with E-state index in [1.165, 1.54) is 0 Å². The van der Waals surface area contributed by atoms with Crippen molar-refractivity contribution in [2.24, 2.45) is 11.8 Å². The van der Waals surface area contributed by atoms with Crippen LogP contribution in [0.4, 0.5) is 0 Å². The van der Waals surface area contributed by atoms with Crippen molar-refractivity contribution in [3.63, 3.8) is 0 Å². The summed E-state index contributed by atoms with van der Waals surface area (Å²) in [5, 5.41) is 9.31. The van der Waals surface area contributed by atoms with Crippen molar-refractivity contribution in [1.82, 2.24) is 4.90 Å². The summed E-state index contributed by atoms with van der Waals surface area (Å²) < 4.78 is 5.69. The summed E-state index contributed by atoms with van der Waals surface area (Å²) >= 11 is 0. The number of carboxylic acid groups (broad SMARTS) is 1. The molecule has 0 aliphatic carbocycles. The van der Waals surface area contributed by atoms with Crippen LogP contribution < -0.4 is 0 Å². The van der Waals surface area contributed by atoms with Crippen LogP contribution in [-0.2, 0) is 14.3 Å². The van der Waals surface area contributed by atoms with E-state index in [1.807, 2.05) is 42.2 Å². The van der Waals surface area contributed by atoms with Crippen LogP contribution in [-0.4, -0.2) is 47.7 Å². The Kier molecular flexibility index (Phi) is 5.19. The predicted octanol–water partition coefficient (Wildman–Crippen LogP) is 2.52. The molecular formula is C19H25NO4. The SMILES string of the molecule is C[C@@H](C(=O)N1CCC([C@@H]2OCCC2C(=O)O)CC1)c1ccccc1. The Morgan fingerprint density at radius 2 is 1.83 bits per heavy atom. The molecule has 2 heterocycles. The molecule has 2 aliphatic rings. The van der Waals surface area contributed by atoms with E-state index in [1.54, 1.807) is 0 Å². The normalized spacial score (nSPS) is 26.3. The van der Waals surface area contributed by atoms with Crippen molar-refractivity contribution >= 4 is 11.9 Å². The fourth-order valence-corrected chi connectivity index (χ4v) is 3.95. The number of carbonyl (C=O) groups is 2. The minimum Gasteiger partial charge on any atom is -0.481 e. The largest absolute Gasteiger partial charge is 0.481 e. The first-order valence-corrected chi connectivity index (χ1v) is 8.76. The van der Waals surface area contributed by atoms with Crippen LogP contribution in [0.3, 0.4) is 0 Å². The number of amides is 1. The lowest BCUT2D eigenvalue weighted by Gasteiger charge is -2.36. The third kappa shape index (κ3) is 3.46. The maximum Gasteiger partial charge on any atom is 0.309 e. The van der Waals surface area contributed by atoms with Crippen molar-refractivity contribution in [3.05, 3.63) is 35.9 Å². The molecule has 1 unspecified atom stereocenters. The van der Waals surface area contributed by atoms with E-state index in [9.17, 15) is 14.7 Å². The van der Waals surface area contributed by atoms with Gasteiger partial charge in [-0.05, 0) is 37.7 Å². The van der Waals surface area contributed by atoms with Crippen LogP contribution >= 0.6 is 0 Å². The summed E-state index contributed by atoms with van der Waals surface area (Å²) in [7, 11) is 0. The van der Waals surface area contributed by atoms with Crippen molar-refractivity contribution in [2.45, 2.75) is 38.2 Å². The maximum absolute atomic E-state index is 12.7. The number of carboxylic acids is 1. The number of rotatable bonds is 4. The van der Waals surface area contributed by atoms with Crippen LogP contribution in [0.15, 0.2) is 30.3 Å². The molecule has 0 aromatic heterocycles. The molecule has 0 bridgehead atoms. The molecule has 24 heavy (non-hydrogen) atoms. The maximum atomic E-state index is 12.7. The summed E-state index contributed by atoms with van der Waals surface area (Å²) in [5.41, 5.74) is 1.04. The average Bonchev–Trinajstić information content (AvgIpc) is 3.11. The molecule has 1 N–H and O–H groups in total. The van der Waals surface area contributed by atoms with E-state index >= 15 is 0 Å². The molecule has 130 valence electrons. The molecule has 2 saturated heterocycles. The summed E-state index contributed by atoms with van der Waals surface area (Å²) in [5.74, 6) is -0.891. The molecular weight excluding hydrogens is 306 g/mol. The zero-order chi connectivity index (χ0) is 17.1. The fraction of sp³-hybridized carbons (Fsp3) is 0.579. The highest BCUT2D eigenvalue weighted by atomic mass is 16.5. The number of carbonyl (C=O) groups excluding carboxylic acids is 1. The first-order valence-electron chi connectivity index (χ1n) is 8.76. The zero-order valence-electron chi connectivity index (χ0n) is 14.1. The Balaban J connectivity index is 1.57. The standard InChI is InChI=1S/C19H25NO4/c1-13(14-5-3-2-4-6-14)18(21)20-10-7-15(8-11-20)17-16(19(22)23)9-12-24-17/h2-6,13,15-17H,7-12H2,1H3,(H,22,23)/t13-,16?,17+/m1/s1. The number of hydrogen-bond donors (Lipinski definition) is 1. The average molecular weight is 331 g/mol. The predicted molar refractivity (Wildman–Crippen MR) is 89.6 cm³/mol. The molecule has 2 fully saturated rings. The zero-order valence-corrected chi connectivity index (χ0v) is 14.1. The Morgan fingerprint density at radius 1 is 1.17 bits per heavy atom. The van der Waals surface area contributed by atoms with E-state index in [0.717, 1.165) is 18.4 Å². The number of hydrogen-bond acceptors (Lipinski definition) is 3. The van der Waals surface area contributed by atoms with Gasteiger partial charge in [-0.25, -0.2) is 0 Å². The van der Waals surface area contributed by atoms with Gasteiger partial charge in [0.25, 0.3) is 0 Å². The Bertz CT molecular complexity index is 580. The van der Waals surface area contributed by atoms with Gasteiger partial charge in [-0.2, -0.15) is 0 Å². The van der Waals surface area contributed by atoms with E-state index in [4.69, 9.17) is 4.74 Å². The highest BCUT2D eigenvalue weighted by Gasteiger charge is 2.41. The molecule has 0 spiro atoms. The second-order valence-corrected chi connectivity index (χ2v) is 6.86. The topological polar surface area (TPSA) is 66.8 Å². The quantitative estimate of drug-likeness (QED) is 0.920. The number of ether oxygens (including phenoxy) is 1. The van der Waals surface area contributed by atoms with Gasteiger partial charge in [0.15, 0.2) is 0 Å². The van der Waals surface area contributed by atoms with Crippen LogP contribution in [0.25, 0.3) is 0 Å². The molecule has 5 heteroatoms. The fourth-order valence-electron chi connectivity index (χ4n) is 3.95. The van der Waals surface area contributed by atoms with Gasteiger partial charge < -0.3 is 14.7 Å². The van der Waals surface area contributed by atoms with Crippen LogP contribution in [0.5, 0.6) is 0 Å². The van der Waals surface area contributed by atoms with Gasteiger partial charge in [0, 0.05) is 19.7 Å². The smallest absolute Gasteiger partial charge is 0.309 e. The minimum absolute atomic E-state index is 0.141. The lowest BCUT2D eigenvalue weighted by molar-refractivity contribution is -0.146. The Hall–Kier alpha value is -1.88. The third-order valence-electron chi connectivity index (χ3n) is 5.44. The summed E-state index contributed by atoms with van der Waals surface area (Å²) in [6.45, 7) is 3.86. The number of likely N-dealkylation sites (tertiary alicyclic amines) is 1. The molecule has 1 aromatic rings. The van der Waals surface area contributed by atoms with E-state index in [0.29, 0.717) is 26.1 Å². The van der Waals surface area contributed by atoms with Gasteiger partial charge in [-0.1, -0.05) is 30.3 Å². The van der Waals surface area contributed by atoms with Crippen molar-refractivity contribution in [3.8, 4) is 0 Å². The minimum atomic E-state index is -0.756. The van der Waals surface area contributed by atoms with Crippen molar-refractivity contribution < 1.29 is 19.4 Å². The number of benzene rings is 1.